The number of halogens is 1. The van der Waals surface area contributed by atoms with Gasteiger partial charge < -0.3 is 15.0 Å². The van der Waals surface area contributed by atoms with Gasteiger partial charge in [-0.2, -0.15) is 0 Å². The van der Waals surface area contributed by atoms with E-state index >= 15 is 0 Å². The zero-order valence-corrected chi connectivity index (χ0v) is 15.6. The third-order valence-electron chi connectivity index (χ3n) is 5.40. The second kappa shape index (κ2) is 6.69. The molecule has 0 radical (unpaired) electrons. The van der Waals surface area contributed by atoms with Crippen LogP contribution in [0.1, 0.15) is 57.3 Å². The number of carbonyl (C=O) groups is 1. The molecule has 0 spiro atoms. The van der Waals surface area contributed by atoms with Gasteiger partial charge in [0.15, 0.2) is 0 Å². The second-order valence-electron chi connectivity index (χ2n) is 8.43. The Morgan fingerprint density at radius 1 is 1.20 bits per heavy atom. The highest BCUT2D eigenvalue weighted by Gasteiger charge is 2.46. The molecule has 1 aromatic rings. The molecule has 1 atom stereocenters. The van der Waals surface area contributed by atoms with Crippen molar-refractivity contribution in [2.75, 3.05) is 13.1 Å². The van der Waals surface area contributed by atoms with Crippen molar-refractivity contribution in [3.63, 3.8) is 0 Å². The molecule has 25 heavy (non-hydrogen) atoms. The molecule has 0 unspecified atom stereocenters. The highest BCUT2D eigenvalue weighted by molar-refractivity contribution is 5.94. The van der Waals surface area contributed by atoms with E-state index in [1.807, 2.05) is 0 Å². The first-order valence-corrected chi connectivity index (χ1v) is 9.18. The molecule has 2 aliphatic heterocycles. The zero-order valence-electron chi connectivity index (χ0n) is 15.6. The lowest BCUT2D eigenvalue weighted by Crippen LogP contribution is -2.52. The van der Waals surface area contributed by atoms with Gasteiger partial charge in [-0.25, -0.2) is 4.39 Å². The third-order valence-corrected chi connectivity index (χ3v) is 5.40. The zero-order chi connectivity index (χ0) is 18.2. The van der Waals surface area contributed by atoms with Crippen LogP contribution in [-0.2, 0) is 4.74 Å². The Morgan fingerprint density at radius 2 is 1.84 bits per heavy atom. The molecule has 138 valence electrons. The fraction of sp³-hybridized carbons (Fsp3) is 0.650. The van der Waals surface area contributed by atoms with Crippen LogP contribution in [-0.4, -0.2) is 47.2 Å². The topological polar surface area (TPSA) is 41.6 Å². The average molecular weight is 348 g/mol. The monoisotopic (exact) mass is 348 g/mol. The minimum absolute atomic E-state index is 0.108. The van der Waals surface area contributed by atoms with Crippen molar-refractivity contribution >= 4 is 5.91 Å². The molecular weight excluding hydrogens is 319 g/mol. The number of carbonyl (C=O) groups excluding carboxylic acids is 1. The summed E-state index contributed by atoms with van der Waals surface area (Å²) in [6.45, 7) is 9.84. The van der Waals surface area contributed by atoms with Gasteiger partial charge in [0.25, 0.3) is 5.91 Å². The van der Waals surface area contributed by atoms with Crippen LogP contribution in [0.5, 0.6) is 0 Å². The summed E-state index contributed by atoms with van der Waals surface area (Å²) in [4.78, 5) is 14.3. The molecule has 4 nitrogen and oxygen atoms in total. The maximum atomic E-state index is 13.8. The Morgan fingerprint density at radius 3 is 2.40 bits per heavy atom. The molecule has 0 bridgehead atoms. The summed E-state index contributed by atoms with van der Waals surface area (Å²) in [6.07, 6.45) is 2.74. The SMILES string of the molecule is CC1(C)C[C@H](NC2CCN(C(=O)c3ccccc3F)CC2)C(C)(C)O1. The van der Waals surface area contributed by atoms with E-state index in [2.05, 4.69) is 33.0 Å². The molecule has 1 amide bonds. The number of nitrogens with zero attached hydrogens (tertiary/aromatic N) is 1. The molecule has 0 aliphatic carbocycles. The van der Waals surface area contributed by atoms with E-state index < -0.39 is 5.82 Å². The summed E-state index contributed by atoms with van der Waals surface area (Å²) in [6, 6.07) is 6.88. The number of hydrogen-bond acceptors (Lipinski definition) is 3. The Labute approximate surface area is 149 Å². The average Bonchev–Trinajstić information content (AvgIpc) is 2.75. The van der Waals surface area contributed by atoms with Crippen LogP contribution in [0.25, 0.3) is 0 Å². The Kier molecular flexibility index (Phi) is 4.91. The lowest BCUT2D eigenvalue weighted by molar-refractivity contribution is -0.0708. The molecule has 5 heteroatoms. The molecule has 2 aliphatic rings. The summed E-state index contributed by atoms with van der Waals surface area (Å²) >= 11 is 0. The minimum Gasteiger partial charge on any atom is -0.368 e. The molecule has 0 aromatic heterocycles. The number of nitrogens with one attached hydrogen (secondary N) is 1. The number of ether oxygens (including phenoxy) is 1. The van der Waals surface area contributed by atoms with Crippen molar-refractivity contribution in [3.8, 4) is 0 Å². The molecule has 1 aromatic carbocycles. The molecular formula is C20H29FN2O2. The van der Waals surface area contributed by atoms with Gasteiger partial charge in [-0.05, 0) is 59.1 Å². The predicted molar refractivity (Wildman–Crippen MR) is 96.1 cm³/mol. The van der Waals surface area contributed by atoms with Gasteiger partial charge in [0.2, 0.25) is 0 Å². The van der Waals surface area contributed by atoms with Gasteiger partial charge in [-0.15, -0.1) is 0 Å². The summed E-state index contributed by atoms with van der Waals surface area (Å²) in [5, 5.41) is 3.74. The lowest BCUT2D eigenvalue weighted by atomic mass is 9.92. The fourth-order valence-corrected chi connectivity index (χ4v) is 4.16. The van der Waals surface area contributed by atoms with Gasteiger partial charge in [0, 0.05) is 25.2 Å². The first-order chi connectivity index (χ1) is 11.7. The van der Waals surface area contributed by atoms with Crippen LogP contribution in [0.2, 0.25) is 0 Å². The number of amides is 1. The van der Waals surface area contributed by atoms with Gasteiger partial charge >= 0.3 is 0 Å². The smallest absolute Gasteiger partial charge is 0.256 e. The van der Waals surface area contributed by atoms with Gasteiger partial charge in [0.1, 0.15) is 5.82 Å². The minimum atomic E-state index is -0.445. The summed E-state index contributed by atoms with van der Waals surface area (Å²) in [5.41, 5.74) is -0.132. The van der Waals surface area contributed by atoms with Crippen LogP contribution in [0.4, 0.5) is 4.39 Å². The number of piperidine rings is 1. The fourth-order valence-electron chi connectivity index (χ4n) is 4.16. The van der Waals surface area contributed by atoms with E-state index in [0.717, 1.165) is 19.3 Å². The van der Waals surface area contributed by atoms with E-state index in [1.165, 1.54) is 6.07 Å². The second-order valence-corrected chi connectivity index (χ2v) is 8.43. The van der Waals surface area contributed by atoms with Gasteiger partial charge in [-0.1, -0.05) is 12.1 Å². The molecule has 2 heterocycles. The van der Waals surface area contributed by atoms with Crippen LogP contribution in [0.3, 0.4) is 0 Å². The van der Waals surface area contributed by atoms with E-state index in [1.54, 1.807) is 23.1 Å². The van der Waals surface area contributed by atoms with E-state index in [4.69, 9.17) is 4.74 Å². The molecule has 0 saturated carbocycles. The summed E-state index contributed by atoms with van der Waals surface area (Å²) in [5.74, 6) is -0.651. The highest BCUT2D eigenvalue weighted by atomic mass is 19.1. The van der Waals surface area contributed by atoms with Crippen LogP contribution in [0.15, 0.2) is 24.3 Å². The Bertz CT molecular complexity index is 636. The van der Waals surface area contributed by atoms with Crippen molar-refractivity contribution in [1.29, 1.82) is 0 Å². The van der Waals surface area contributed by atoms with E-state index in [9.17, 15) is 9.18 Å². The van der Waals surface area contributed by atoms with Crippen molar-refractivity contribution in [3.05, 3.63) is 35.6 Å². The van der Waals surface area contributed by atoms with Gasteiger partial charge in [-0.3, -0.25) is 4.79 Å². The predicted octanol–water partition coefficient (Wildman–Crippen LogP) is 3.37. The molecule has 2 fully saturated rings. The largest absolute Gasteiger partial charge is 0.368 e. The molecule has 3 rings (SSSR count). The van der Waals surface area contributed by atoms with E-state index in [-0.39, 0.29) is 22.7 Å². The number of rotatable bonds is 3. The Hall–Kier alpha value is -1.46. The first kappa shape index (κ1) is 18.3. The standard InChI is InChI=1S/C20H29FN2O2/c1-19(2)13-17(20(3,4)25-19)22-14-9-11-23(12-10-14)18(24)15-7-5-6-8-16(15)21/h5-8,14,17,22H,9-13H2,1-4H3/t17-/m0/s1. The summed E-state index contributed by atoms with van der Waals surface area (Å²) in [7, 11) is 0. The number of hydrogen-bond donors (Lipinski definition) is 1. The summed E-state index contributed by atoms with van der Waals surface area (Å²) < 4.78 is 20.0. The number of benzene rings is 1. The quantitative estimate of drug-likeness (QED) is 0.911. The van der Waals surface area contributed by atoms with Crippen molar-refractivity contribution in [1.82, 2.24) is 10.2 Å². The van der Waals surface area contributed by atoms with Crippen LogP contribution in [0, 0.1) is 5.82 Å². The molecule has 1 N–H and O–H groups in total. The van der Waals surface area contributed by atoms with Crippen molar-refractivity contribution in [2.24, 2.45) is 0 Å². The first-order valence-electron chi connectivity index (χ1n) is 9.18. The van der Waals surface area contributed by atoms with Crippen molar-refractivity contribution < 1.29 is 13.9 Å². The van der Waals surface area contributed by atoms with Crippen molar-refractivity contribution in [2.45, 2.75) is 70.2 Å². The van der Waals surface area contributed by atoms with Gasteiger partial charge in [0.05, 0.1) is 16.8 Å². The lowest BCUT2D eigenvalue weighted by Gasteiger charge is -2.36. The highest BCUT2D eigenvalue weighted by Crippen LogP contribution is 2.37. The number of likely N-dealkylation sites (tertiary alicyclic amines) is 1. The normalized spacial score (nSPS) is 26.0. The van der Waals surface area contributed by atoms with E-state index in [0.29, 0.717) is 25.2 Å². The van der Waals surface area contributed by atoms with Crippen LogP contribution < -0.4 is 5.32 Å². The Balaban J connectivity index is 1.56. The maximum Gasteiger partial charge on any atom is 0.256 e. The molecule has 2 saturated heterocycles. The van der Waals surface area contributed by atoms with Crippen LogP contribution >= 0.6 is 0 Å². The maximum absolute atomic E-state index is 13.8. The third kappa shape index (κ3) is 4.04.